The number of anilines is 1. The average molecular weight is 407 g/mol. The second-order valence-electron chi connectivity index (χ2n) is 7.86. The van der Waals surface area contributed by atoms with Gasteiger partial charge >= 0.3 is 0 Å². The number of nitrogens with zero attached hydrogens (tertiary/aromatic N) is 3. The van der Waals surface area contributed by atoms with E-state index < -0.39 is 6.43 Å². The van der Waals surface area contributed by atoms with E-state index in [1.54, 1.807) is 18.2 Å². The molecule has 0 aromatic carbocycles. The largest absolute Gasteiger partial charge is 0.364 e. The molecule has 7 nitrogen and oxygen atoms in total. The maximum Gasteiger partial charge on any atom is 0.260 e. The van der Waals surface area contributed by atoms with Gasteiger partial charge in [-0.2, -0.15) is 0 Å². The highest BCUT2D eigenvalue weighted by molar-refractivity contribution is 6.08. The zero-order valence-electron chi connectivity index (χ0n) is 16.5. The molecule has 1 saturated carbocycles. The number of amides is 1. The number of carbonyl (C=O) groups is 1. The fraction of sp³-hybridized carbons (Fsp3) is 0.600. The van der Waals surface area contributed by atoms with Crippen molar-refractivity contribution in [3.8, 4) is 0 Å². The Bertz CT molecular complexity index is 851. The molecule has 0 saturated heterocycles. The Kier molecular flexibility index (Phi) is 5.96. The highest BCUT2D eigenvalue weighted by atomic mass is 19.3. The third kappa shape index (κ3) is 4.06. The quantitative estimate of drug-likeness (QED) is 0.738. The number of hydrogen-bond donors (Lipinski definition) is 2. The topological polar surface area (TPSA) is 73.5 Å². The molecule has 1 aliphatic heterocycles. The number of H-pyrrole nitrogens is 1. The molecule has 2 N–H and O–H groups in total. The molecule has 158 valence electrons. The molecule has 1 fully saturated rings. The molecule has 2 aromatic rings. The summed E-state index contributed by atoms with van der Waals surface area (Å²) in [6.07, 6.45) is 5.06. The monoisotopic (exact) mass is 407 g/mol. The normalized spacial score (nSPS) is 22.6. The standard InChI is InChI=1S/C20H27F2N5O2/c1-29-12-26-11-27(14-4-2-13(3-5-14)8-23-10-17(21)22)18-15-6-7-24-19(15)25-9-16(18)20(26)28/h6-7,9,13-14,17,23H,2-5,8,10-12H2,1H3,(H,24,25). The predicted molar refractivity (Wildman–Crippen MR) is 106 cm³/mol. The molecule has 4 rings (SSSR count). The predicted octanol–water partition coefficient (Wildman–Crippen LogP) is 2.80. The maximum absolute atomic E-state index is 12.9. The Morgan fingerprint density at radius 1 is 1.34 bits per heavy atom. The SMILES string of the molecule is COCN1CN(C2CCC(CNCC(F)F)CC2)c2c(cnc3[nH]ccc23)C1=O. The van der Waals surface area contributed by atoms with E-state index in [2.05, 4.69) is 20.2 Å². The van der Waals surface area contributed by atoms with Crippen LogP contribution in [0.15, 0.2) is 18.5 Å². The molecule has 0 unspecified atom stereocenters. The fourth-order valence-corrected chi connectivity index (χ4v) is 4.56. The number of aromatic nitrogens is 2. The first-order valence-corrected chi connectivity index (χ1v) is 10.1. The van der Waals surface area contributed by atoms with Crippen LogP contribution in [0.5, 0.6) is 0 Å². The number of fused-ring (bicyclic) bond motifs is 3. The minimum Gasteiger partial charge on any atom is -0.364 e. The van der Waals surface area contributed by atoms with Gasteiger partial charge in [0.05, 0.1) is 24.5 Å². The lowest BCUT2D eigenvalue weighted by molar-refractivity contribution is 0.0384. The number of pyridine rings is 1. The number of hydrogen-bond acceptors (Lipinski definition) is 5. The molecule has 0 bridgehead atoms. The second-order valence-corrected chi connectivity index (χ2v) is 7.86. The molecular formula is C20H27F2N5O2. The van der Waals surface area contributed by atoms with E-state index in [0.717, 1.165) is 42.4 Å². The molecule has 9 heteroatoms. The van der Waals surface area contributed by atoms with Crippen LogP contribution in [0.3, 0.4) is 0 Å². The molecule has 0 spiro atoms. The highest BCUT2D eigenvalue weighted by Gasteiger charge is 2.36. The first-order valence-electron chi connectivity index (χ1n) is 10.1. The molecule has 0 atom stereocenters. The van der Waals surface area contributed by atoms with Crippen LogP contribution in [0.25, 0.3) is 11.0 Å². The van der Waals surface area contributed by atoms with Gasteiger partial charge in [0.25, 0.3) is 12.3 Å². The summed E-state index contributed by atoms with van der Waals surface area (Å²) in [5.41, 5.74) is 2.31. The number of alkyl halides is 2. The maximum atomic E-state index is 12.9. The molecule has 29 heavy (non-hydrogen) atoms. The molecule has 3 heterocycles. The number of ether oxygens (including phenoxy) is 1. The Balaban J connectivity index is 1.53. The van der Waals surface area contributed by atoms with Gasteiger partial charge in [0.15, 0.2) is 0 Å². The Hall–Kier alpha value is -2.26. The van der Waals surface area contributed by atoms with E-state index in [9.17, 15) is 13.6 Å². The Morgan fingerprint density at radius 3 is 2.86 bits per heavy atom. The van der Waals surface area contributed by atoms with Gasteiger partial charge in [0.1, 0.15) is 12.4 Å². The van der Waals surface area contributed by atoms with Crippen LogP contribution in [0, 0.1) is 5.92 Å². The highest BCUT2D eigenvalue weighted by Crippen LogP contribution is 2.38. The summed E-state index contributed by atoms with van der Waals surface area (Å²) in [6, 6.07) is 2.25. The van der Waals surface area contributed by atoms with E-state index in [1.807, 2.05) is 12.3 Å². The lowest BCUT2D eigenvalue weighted by Gasteiger charge is -2.44. The number of methoxy groups -OCH3 is 1. The van der Waals surface area contributed by atoms with Gasteiger partial charge in [0, 0.05) is 30.9 Å². The minimum absolute atomic E-state index is 0.0708. The van der Waals surface area contributed by atoms with Crippen molar-refractivity contribution < 1.29 is 18.3 Å². The second kappa shape index (κ2) is 8.62. The molecule has 0 radical (unpaired) electrons. The third-order valence-electron chi connectivity index (χ3n) is 5.96. The molecule has 1 aliphatic carbocycles. The van der Waals surface area contributed by atoms with Gasteiger partial charge in [-0.25, -0.2) is 13.8 Å². The lowest BCUT2D eigenvalue weighted by Crippen LogP contribution is -2.52. The van der Waals surface area contributed by atoms with Crippen LogP contribution >= 0.6 is 0 Å². The minimum atomic E-state index is -2.31. The molecule has 1 amide bonds. The van der Waals surface area contributed by atoms with Crippen molar-refractivity contribution in [3.05, 3.63) is 24.0 Å². The lowest BCUT2D eigenvalue weighted by atomic mass is 9.84. The summed E-state index contributed by atoms with van der Waals surface area (Å²) >= 11 is 0. The van der Waals surface area contributed by atoms with Crippen LogP contribution in [0.1, 0.15) is 36.0 Å². The Labute approximate surface area is 168 Å². The van der Waals surface area contributed by atoms with Crippen LogP contribution in [0.4, 0.5) is 14.5 Å². The summed E-state index contributed by atoms with van der Waals surface area (Å²) in [5.74, 6) is 0.342. The summed E-state index contributed by atoms with van der Waals surface area (Å²) in [5, 5.41) is 3.82. The average Bonchev–Trinajstić information content (AvgIpc) is 3.19. The number of nitrogens with one attached hydrogen (secondary N) is 2. The zero-order chi connectivity index (χ0) is 20.4. The van der Waals surface area contributed by atoms with Gasteiger partial charge in [0.2, 0.25) is 0 Å². The third-order valence-corrected chi connectivity index (χ3v) is 5.96. The first kappa shape index (κ1) is 20.0. The number of aromatic amines is 1. The zero-order valence-corrected chi connectivity index (χ0v) is 16.5. The molecule has 2 aromatic heterocycles. The van der Waals surface area contributed by atoms with Crippen LogP contribution in [-0.4, -0.2) is 66.8 Å². The van der Waals surface area contributed by atoms with E-state index in [0.29, 0.717) is 24.7 Å². The van der Waals surface area contributed by atoms with Crippen molar-refractivity contribution in [3.63, 3.8) is 0 Å². The van der Waals surface area contributed by atoms with Crippen LogP contribution in [-0.2, 0) is 4.74 Å². The van der Waals surface area contributed by atoms with E-state index >= 15 is 0 Å². The van der Waals surface area contributed by atoms with Crippen molar-refractivity contribution in [2.75, 3.05) is 38.5 Å². The first-order chi connectivity index (χ1) is 14.1. The molecular weight excluding hydrogens is 380 g/mol. The van der Waals surface area contributed by atoms with E-state index in [1.165, 1.54) is 0 Å². The summed E-state index contributed by atoms with van der Waals surface area (Å²) < 4.78 is 29.9. The van der Waals surface area contributed by atoms with Crippen LogP contribution < -0.4 is 10.2 Å². The Morgan fingerprint density at radius 2 is 2.14 bits per heavy atom. The van der Waals surface area contributed by atoms with Gasteiger partial charge < -0.3 is 19.9 Å². The summed E-state index contributed by atoms with van der Waals surface area (Å²) in [6.45, 7) is 1.09. The van der Waals surface area contributed by atoms with Gasteiger partial charge in [-0.05, 0) is 44.2 Å². The van der Waals surface area contributed by atoms with Crippen molar-refractivity contribution in [2.45, 2.75) is 38.2 Å². The summed E-state index contributed by atoms with van der Waals surface area (Å²) in [7, 11) is 1.58. The van der Waals surface area contributed by atoms with E-state index in [4.69, 9.17) is 4.74 Å². The van der Waals surface area contributed by atoms with E-state index in [-0.39, 0.29) is 25.2 Å². The molecule has 2 aliphatic rings. The van der Waals surface area contributed by atoms with Gasteiger partial charge in [-0.3, -0.25) is 9.69 Å². The number of rotatable bonds is 7. The van der Waals surface area contributed by atoms with Crippen molar-refractivity contribution in [1.29, 1.82) is 0 Å². The van der Waals surface area contributed by atoms with Gasteiger partial charge in [-0.1, -0.05) is 0 Å². The van der Waals surface area contributed by atoms with Crippen molar-refractivity contribution >= 4 is 22.6 Å². The number of halogens is 2. The smallest absolute Gasteiger partial charge is 0.260 e. The fourth-order valence-electron chi connectivity index (χ4n) is 4.56. The van der Waals surface area contributed by atoms with Crippen LogP contribution in [0.2, 0.25) is 0 Å². The van der Waals surface area contributed by atoms with Crippen molar-refractivity contribution in [1.82, 2.24) is 20.2 Å². The van der Waals surface area contributed by atoms with Crippen molar-refractivity contribution in [2.24, 2.45) is 5.92 Å². The summed E-state index contributed by atoms with van der Waals surface area (Å²) in [4.78, 5) is 24.4. The van der Waals surface area contributed by atoms with Gasteiger partial charge in [-0.15, -0.1) is 0 Å². The number of carbonyl (C=O) groups excluding carboxylic acids is 1.